The maximum atomic E-state index is 14.7. The zero-order valence-corrected chi connectivity index (χ0v) is 10.1. The summed E-state index contributed by atoms with van der Waals surface area (Å²) in [6, 6.07) is 13.4. The molecular weight excluding hydrogens is 245 g/mol. The van der Waals surface area contributed by atoms with E-state index in [1.807, 2.05) is 0 Å². The van der Waals surface area contributed by atoms with E-state index in [2.05, 4.69) is 0 Å². The highest BCUT2D eigenvalue weighted by Gasteiger charge is 2.60. The lowest BCUT2D eigenvalue weighted by molar-refractivity contribution is 0.549. The van der Waals surface area contributed by atoms with Crippen LogP contribution in [0.3, 0.4) is 0 Å². The molecule has 0 unspecified atom stereocenters. The van der Waals surface area contributed by atoms with E-state index in [0.717, 1.165) is 24.3 Å². The normalized spacial score (nSPS) is 16.0. The zero-order valence-electron chi connectivity index (χ0n) is 9.32. The predicted octanol–water partition coefficient (Wildman–Crippen LogP) is 5.26. The summed E-state index contributed by atoms with van der Waals surface area (Å²) in [6.07, 6.45) is 0.421. The summed E-state index contributed by atoms with van der Waals surface area (Å²) < 4.78 is 44.1. The molecule has 0 atom stereocenters. The molecule has 4 heteroatoms. The third kappa shape index (κ3) is 1.93. The second-order valence-corrected chi connectivity index (χ2v) is 8.40. The van der Waals surface area contributed by atoms with Crippen molar-refractivity contribution >= 4 is 9.45 Å². The zero-order chi connectivity index (χ0) is 12.6. The number of benzene rings is 2. The van der Waals surface area contributed by atoms with E-state index in [9.17, 15) is 11.7 Å². The van der Waals surface area contributed by atoms with Crippen LogP contribution in [0.25, 0.3) is 0 Å². The Bertz CT molecular complexity index is 482. The second-order valence-electron chi connectivity index (χ2n) is 4.24. The second kappa shape index (κ2) is 3.07. The molecule has 2 aromatic rings. The van der Waals surface area contributed by atoms with Crippen LogP contribution in [-0.4, -0.2) is 6.26 Å². The molecule has 0 amide bonds. The summed E-state index contributed by atoms with van der Waals surface area (Å²) in [5, 5.41) is 0. The van der Waals surface area contributed by atoms with Crippen LogP contribution in [-0.2, 0) is 0 Å². The molecule has 0 N–H and O–H groups in total. The summed E-state index contributed by atoms with van der Waals surface area (Å²) in [7, 11) is -6.88. The molecule has 0 aliphatic heterocycles. The van der Waals surface area contributed by atoms with Crippen molar-refractivity contribution in [2.45, 2.75) is 9.79 Å². The Hall–Kier alpha value is -1.42. The van der Waals surface area contributed by atoms with E-state index >= 15 is 0 Å². The smallest absolute Gasteiger partial charge is 0.0939 e. The van der Waals surface area contributed by atoms with Gasteiger partial charge in [-0.2, -0.15) is 0 Å². The van der Waals surface area contributed by atoms with Crippen molar-refractivity contribution in [3.63, 3.8) is 0 Å². The fraction of sp³-hybridized carbons (Fsp3) is 0.0769. The minimum absolute atomic E-state index is 0.421. The van der Waals surface area contributed by atoms with Crippen molar-refractivity contribution < 1.29 is 11.7 Å². The van der Waals surface area contributed by atoms with Crippen LogP contribution < -0.4 is 0 Å². The standard InChI is InChI=1S/C13H13F3S/c1-17(14,15,16,12-8-4-2-5-9-12)13-10-6-3-7-11-13/h2-11H,1H3. The molecule has 0 aromatic heterocycles. The average molecular weight is 258 g/mol. The minimum atomic E-state index is -6.88. The molecule has 0 saturated heterocycles. The van der Waals surface area contributed by atoms with Gasteiger partial charge in [0.1, 0.15) is 0 Å². The van der Waals surface area contributed by atoms with Gasteiger partial charge >= 0.3 is 0 Å². The van der Waals surface area contributed by atoms with Gasteiger partial charge in [0.2, 0.25) is 0 Å². The van der Waals surface area contributed by atoms with Crippen molar-refractivity contribution in [3.8, 4) is 0 Å². The van der Waals surface area contributed by atoms with E-state index < -0.39 is 19.2 Å². The average Bonchev–Trinajstić information content (AvgIpc) is 2.30. The lowest BCUT2D eigenvalue weighted by Gasteiger charge is -2.55. The van der Waals surface area contributed by atoms with Gasteiger partial charge in [0, 0.05) is 6.26 Å². The molecule has 17 heavy (non-hydrogen) atoms. The predicted molar refractivity (Wildman–Crippen MR) is 66.3 cm³/mol. The molecule has 0 spiro atoms. The summed E-state index contributed by atoms with van der Waals surface area (Å²) in [5.74, 6) is 0. The lowest BCUT2D eigenvalue weighted by atomic mass is 10.4. The van der Waals surface area contributed by atoms with Crippen LogP contribution >= 0.6 is 9.45 Å². The number of hydrogen-bond donors (Lipinski definition) is 0. The van der Waals surface area contributed by atoms with E-state index in [1.54, 1.807) is 12.1 Å². The van der Waals surface area contributed by atoms with E-state index in [-0.39, 0.29) is 0 Å². The van der Waals surface area contributed by atoms with Crippen LogP contribution in [0.15, 0.2) is 70.5 Å². The van der Waals surface area contributed by atoms with Gasteiger partial charge in [-0.05, 0) is 24.3 Å². The first kappa shape index (κ1) is 12.0. The van der Waals surface area contributed by atoms with Crippen molar-refractivity contribution in [2.75, 3.05) is 6.26 Å². The lowest BCUT2D eigenvalue weighted by Crippen LogP contribution is -2.18. The third-order valence-corrected chi connectivity index (χ3v) is 5.76. The molecule has 2 aromatic carbocycles. The minimum Gasteiger partial charge on any atom is -0.144 e. The van der Waals surface area contributed by atoms with Gasteiger partial charge in [-0.15, -0.1) is 11.7 Å². The SMILES string of the molecule is CS(F)(F)(F)(c1ccccc1)c1ccccc1. The van der Waals surface area contributed by atoms with E-state index in [4.69, 9.17) is 0 Å². The fourth-order valence-corrected chi connectivity index (χ4v) is 3.71. The molecule has 2 rings (SSSR count). The Morgan fingerprint density at radius 2 is 0.941 bits per heavy atom. The molecule has 0 aliphatic rings. The summed E-state index contributed by atoms with van der Waals surface area (Å²) in [4.78, 5) is -1.11. The van der Waals surface area contributed by atoms with Crippen molar-refractivity contribution in [1.29, 1.82) is 0 Å². The molecule has 0 nitrogen and oxygen atoms in total. The number of hydrogen-bond acceptors (Lipinski definition) is 0. The van der Waals surface area contributed by atoms with Gasteiger partial charge in [-0.1, -0.05) is 36.4 Å². The van der Waals surface area contributed by atoms with Gasteiger partial charge in [0.05, 0.1) is 19.2 Å². The highest BCUT2D eigenvalue weighted by molar-refractivity contribution is 8.53. The molecule has 0 heterocycles. The van der Waals surface area contributed by atoms with Crippen LogP contribution in [0.4, 0.5) is 11.7 Å². The molecule has 0 fully saturated rings. The van der Waals surface area contributed by atoms with E-state index in [0.29, 0.717) is 6.26 Å². The van der Waals surface area contributed by atoms with Crippen molar-refractivity contribution in [1.82, 2.24) is 0 Å². The Morgan fingerprint density at radius 3 is 1.24 bits per heavy atom. The first-order valence-electron chi connectivity index (χ1n) is 5.10. The largest absolute Gasteiger partial charge is 0.144 e. The Morgan fingerprint density at radius 1 is 0.647 bits per heavy atom. The van der Waals surface area contributed by atoms with Crippen molar-refractivity contribution in [2.24, 2.45) is 0 Å². The third-order valence-electron chi connectivity index (χ3n) is 2.73. The summed E-state index contributed by atoms with van der Waals surface area (Å²) in [5.41, 5.74) is 0. The van der Waals surface area contributed by atoms with Gasteiger partial charge in [-0.3, -0.25) is 0 Å². The first-order valence-corrected chi connectivity index (χ1v) is 7.66. The maximum Gasteiger partial charge on any atom is 0.0939 e. The molecule has 0 radical (unpaired) electrons. The number of rotatable bonds is 2. The highest BCUT2D eigenvalue weighted by atomic mass is 32.4. The molecule has 0 aliphatic carbocycles. The van der Waals surface area contributed by atoms with Crippen LogP contribution in [0.5, 0.6) is 0 Å². The van der Waals surface area contributed by atoms with Crippen LogP contribution in [0, 0.1) is 0 Å². The summed E-state index contributed by atoms with van der Waals surface area (Å²) >= 11 is 0. The Kier molecular flexibility index (Phi) is 2.18. The first-order chi connectivity index (χ1) is 7.74. The molecule has 0 bridgehead atoms. The van der Waals surface area contributed by atoms with E-state index in [1.165, 1.54) is 24.3 Å². The monoisotopic (exact) mass is 258 g/mol. The van der Waals surface area contributed by atoms with Crippen molar-refractivity contribution in [3.05, 3.63) is 60.7 Å². The Labute approximate surface area is 98.2 Å². The fourth-order valence-electron chi connectivity index (χ4n) is 1.69. The molecule has 0 saturated carbocycles. The molecule has 92 valence electrons. The maximum absolute atomic E-state index is 14.7. The highest BCUT2D eigenvalue weighted by Crippen LogP contribution is 3.00. The van der Waals surface area contributed by atoms with Gasteiger partial charge in [-0.25, -0.2) is 0 Å². The Balaban J connectivity index is 2.76. The summed E-state index contributed by atoms with van der Waals surface area (Å²) in [6.45, 7) is 0. The van der Waals surface area contributed by atoms with Crippen LogP contribution in [0.2, 0.25) is 0 Å². The quantitative estimate of drug-likeness (QED) is 0.689. The van der Waals surface area contributed by atoms with Gasteiger partial charge < -0.3 is 0 Å². The van der Waals surface area contributed by atoms with Gasteiger partial charge in [0.25, 0.3) is 0 Å². The van der Waals surface area contributed by atoms with Gasteiger partial charge in [0.15, 0.2) is 0 Å². The topological polar surface area (TPSA) is 0 Å². The molecular formula is C13H13F3S. The number of halogens is 3. The van der Waals surface area contributed by atoms with Crippen LogP contribution in [0.1, 0.15) is 0 Å².